The van der Waals surface area contributed by atoms with E-state index in [1.807, 2.05) is 0 Å². The quantitative estimate of drug-likeness (QED) is 0.804. The summed E-state index contributed by atoms with van der Waals surface area (Å²) in [6, 6.07) is 0.248. The highest BCUT2D eigenvalue weighted by Crippen LogP contribution is 2.22. The second-order valence-electron chi connectivity index (χ2n) is 4.93. The van der Waals surface area contributed by atoms with Gasteiger partial charge in [0, 0.05) is 19.1 Å². The zero-order chi connectivity index (χ0) is 12.7. The lowest BCUT2D eigenvalue weighted by Crippen LogP contribution is -2.50. The van der Waals surface area contributed by atoms with Gasteiger partial charge in [0.25, 0.3) is 0 Å². The van der Waals surface area contributed by atoms with E-state index in [1.54, 1.807) is 0 Å². The molecule has 0 spiro atoms. The third-order valence-electron chi connectivity index (χ3n) is 3.53. The van der Waals surface area contributed by atoms with Crippen molar-refractivity contribution in [2.75, 3.05) is 26.7 Å². The Morgan fingerprint density at radius 3 is 2.76 bits per heavy atom. The maximum Gasteiger partial charge on any atom is 0.407 e. The lowest BCUT2D eigenvalue weighted by molar-refractivity contribution is 0.124. The fourth-order valence-electron chi connectivity index (χ4n) is 2.59. The van der Waals surface area contributed by atoms with Gasteiger partial charge in [-0.05, 0) is 25.3 Å². The topological polar surface area (TPSA) is 41.6 Å². The van der Waals surface area contributed by atoms with Crippen LogP contribution in [0.3, 0.4) is 0 Å². The molecule has 1 amide bonds. The highest BCUT2D eigenvalue weighted by molar-refractivity contribution is 5.67. The number of likely N-dealkylation sites (tertiary alicyclic amines) is 1. The Kier molecular flexibility index (Phi) is 6.34. The van der Waals surface area contributed by atoms with Gasteiger partial charge >= 0.3 is 6.09 Å². The molecule has 0 aliphatic carbocycles. The van der Waals surface area contributed by atoms with Gasteiger partial charge in [0.1, 0.15) is 0 Å². The molecular formula is C13H26N2O2. The first-order valence-electron chi connectivity index (χ1n) is 6.76. The van der Waals surface area contributed by atoms with E-state index in [2.05, 4.69) is 28.8 Å². The van der Waals surface area contributed by atoms with Crippen molar-refractivity contribution in [1.82, 2.24) is 10.2 Å². The maximum absolute atomic E-state index is 11.2. The van der Waals surface area contributed by atoms with Gasteiger partial charge in [-0.1, -0.05) is 26.7 Å². The number of unbranched alkanes of at least 4 members (excludes halogenated alkanes) is 1. The summed E-state index contributed by atoms with van der Waals surface area (Å²) >= 11 is 0. The molecule has 0 radical (unpaired) electrons. The number of carbonyl (C=O) groups excluding carboxylic acids is 1. The van der Waals surface area contributed by atoms with E-state index >= 15 is 0 Å². The Morgan fingerprint density at radius 2 is 2.18 bits per heavy atom. The number of rotatable bonds is 5. The average Bonchev–Trinajstić information content (AvgIpc) is 2.35. The Hall–Kier alpha value is -0.770. The molecular weight excluding hydrogens is 216 g/mol. The molecule has 0 aromatic rings. The monoisotopic (exact) mass is 242 g/mol. The molecule has 1 rings (SSSR count). The van der Waals surface area contributed by atoms with Crippen LogP contribution in [0, 0.1) is 5.92 Å². The minimum Gasteiger partial charge on any atom is -0.453 e. The molecule has 1 aliphatic rings. The van der Waals surface area contributed by atoms with Crippen molar-refractivity contribution in [3.05, 3.63) is 0 Å². The van der Waals surface area contributed by atoms with Crippen molar-refractivity contribution in [3.8, 4) is 0 Å². The highest BCUT2D eigenvalue weighted by atomic mass is 16.5. The largest absolute Gasteiger partial charge is 0.453 e. The van der Waals surface area contributed by atoms with Crippen LogP contribution in [0.25, 0.3) is 0 Å². The van der Waals surface area contributed by atoms with E-state index < -0.39 is 0 Å². The van der Waals surface area contributed by atoms with Crippen molar-refractivity contribution in [1.29, 1.82) is 0 Å². The Bertz CT molecular complexity index is 233. The molecule has 17 heavy (non-hydrogen) atoms. The number of carbonyl (C=O) groups is 1. The Balaban J connectivity index is 2.44. The van der Waals surface area contributed by atoms with Crippen LogP contribution in [-0.2, 0) is 4.74 Å². The van der Waals surface area contributed by atoms with Crippen LogP contribution in [0.1, 0.15) is 39.5 Å². The smallest absolute Gasteiger partial charge is 0.407 e. The number of methoxy groups -OCH3 is 1. The fraction of sp³-hybridized carbons (Fsp3) is 0.923. The van der Waals surface area contributed by atoms with Crippen LogP contribution < -0.4 is 5.32 Å². The first-order chi connectivity index (χ1) is 8.19. The molecule has 2 atom stereocenters. The van der Waals surface area contributed by atoms with Crippen LogP contribution in [0.2, 0.25) is 0 Å². The Labute approximate surface area is 105 Å². The predicted octanol–water partition coefficient (Wildman–Crippen LogP) is 2.24. The third-order valence-corrected chi connectivity index (χ3v) is 3.53. The third kappa shape index (κ3) is 4.94. The second-order valence-corrected chi connectivity index (χ2v) is 4.93. The molecule has 0 saturated carbocycles. The summed E-state index contributed by atoms with van der Waals surface area (Å²) in [6.45, 7) is 7.59. The molecule has 2 unspecified atom stereocenters. The fourth-order valence-corrected chi connectivity index (χ4v) is 2.59. The van der Waals surface area contributed by atoms with E-state index in [4.69, 9.17) is 0 Å². The van der Waals surface area contributed by atoms with Gasteiger partial charge in [-0.3, -0.25) is 0 Å². The number of ether oxygens (including phenoxy) is 1. The number of nitrogens with one attached hydrogen (secondary N) is 1. The number of alkyl carbamates (subject to hydrolysis) is 1. The molecule has 1 heterocycles. The molecule has 4 heteroatoms. The van der Waals surface area contributed by atoms with Gasteiger partial charge in [0.15, 0.2) is 0 Å². The van der Waals surface area contributed by atoms with Crippen molar-refractivity contribution in [2.45, 2.75) is 45.6 Å². The van der Waals surface area contributed by atoms with Gasteiger partial charge in [-0.25, -0.2) is 4.79 Å². The minimum atomic E-state index is -0.304. The van der Waals surface area contributed by atoms with Crippen LogP contribution in [0.4, 0.5) is 4.79 Å². The summed E-state index contributed by atoms with van der Waals surface area (Å²) in [6.07, 6.45) is 4.59. The van der Waals surface area contributed by atoms with Crippen LogP contribution >= 0.6 is 0 Å². The average molecular weight is 242 g/mol. The maximum atomic E-state index is 11.2. The van der Waals surface area contributed by atoms with Crippen LogP contribution in [0.15, 0.2) is 0 Å². The van der Waals surface area contributed by atoms with E-state index in [0.29, 0.717) is 5.92 Å². The molecule has 1 aliphatic heterocycles. The zero-order valence-electron chi connectivity index (χ0n) is 11.4. The summed E-state index contributed by atoms with van der Waals surface area (Å²) in [5.41, 5.74) is 0. The van der Waals surface area contributed by atoms with Crippen molar-refractivity contribution >= 4 is 6.09 Å². The molecule has 1 saturated heterocycles. The van der Waals surface area contributed by atoms with Gasteiger partial charge in [-0.15, -0.1) is 0 Å². The SMILES string of the molecule is CCCCC1CC(NC(=O)OC)CN(CC)C1. The van der Waals surface area contributed by atoms with E-state index in [9.17, 15) is 4.79 Å². The number of likely N-dealkylation sites (N-methyl/N-ethyl adjacent to an activating group) is 1. The van der Waals surface area contributed by atoms with E-state index in [0.717, 1.165) is 19.5 Å². The van der Waals surface area contributed by atoms with Gasteiger partial charge < -0.3 is 15.0 Å². The lowest BCUT2D eigenvalue weighted by atomic mass is 9.90. The lowest BCUT2D eigenvalue weighted by Gasteiger charge is -2.37. The number of hydrogen-bond acceptors (Lipinski definition) is 3. The standard InChI is InChI=1S/C13H26N2O2/c1-4-6-7-11-8-12(14-13(16)17-3)10-15(5-2)9-11/h11-12H,4-10H2,1-3H3,(H,14,16). The normalized spacial score (nSPS) is 25.6. The van der Waals surface area contributed by atoms with Crippen LogP contribution in [-0.4, -0.2) is 43.8 Å². The van der Waals surface area contributed by atoms with Crippen molar-refractivity contribution < 1.29 is 9.53 Å². The minimum absolute atomic E-state index is 0.248. The van der Waals surface area contributed by atoms with Gasteiger partial charge in [0.2, 0.25) is 0 Å². The number of nitrogens with zero attached hydrogens (tertiary/aromatic N) is 1. The zero-order valence-corrected chi connectivity index (χ0v) is 11.4. The molecule has 100 valence electrons. The van der Waals surface area contributed by atoms with E-state index in [-0.39, 0.29) is 12.1 Å². The summed E-state index contributed by atoms with van der Waals surface area (Å²) in [5, 5.41) is 2.94. The van der Waals surface area contributed by atoms with E-state index in [1.165, 1.54) is 32.9 Å². The molecule has 0 aromatic heterocycles. The summed E-state index contributed by atoms with van der Waals surface area (Å²) < 4.78 is 4.67. The van der Waals surface area contributed by atoms with Crippen LogP contribution in [0.5, 0.6) is 0 Å². The first kappa shape index (κ1) is 14.3. The number of amides is 1. The first-order valence-corrected chi connectivity index (χ1v) is 6.76. The molecule has 0 bridgehead atoms. The van der Waals surface area contributed by atoms with Crippen molar-refractivity contribution in [3.63, 3.8) is 0 Å². The highest BCUT2D eigenvalue weighted by Gasteiger charge is 2.27. The molecule has 1 fully saturated rings. The predicted molar refractivity (Wildman–Crippen MR) is 69.1 cm³/mol. The van der Waals surface area contributed by atoms with Gasteiger partial charge in [-0.2, -0.15) is 0 Å². The summed E-state index contributed by atoms with van der Waals surface area (Å²) in [4.78, 5) is 13.7. The molecule has 1 N–H and O–H groups in total. The van der Waals surface area contributed by atoms with Crippen molar-refractivity contribution in [2.24, 2.45) is 5.92 Å². The number of hydrogen-bond donors (Lipinski definition) is 1. The summed E-state index contributed by atoms with van der Waals surface area (Å²) in [5.74, 6) is 0.714. The number of piperidine rings is 1. The molecule has 4 nitrogen and oxygen atoms in total. The Morgan fingerprint density at radius 1 is 1.41 bits per heavy atom. The summed E-state index contributed by atoms with van der Waals surface area (Å²) in [7, 11) is 1.42. The second kappa shape index (κ2) is 7.54. The van der Waals surface area contributed by atoms with Gasteiger partial charge in [0.05, 0.1) is 7.11 Å². The molecule has 0 aromatic carbocycles.